The van der Waals surface area contributed by atoms with Crippen LogP contribution in [0, 0.1) is 13.8 Å². The van der Waals surface area contributed by atoms with Gasteiger partial charge in [-0.25, -0.2) is 0 Å². The fourth-order valence-corrected chi connectivity index (χ4v) is 4.80. The number of carbonyl (C=O) groups is 1. The van der Waals surface area contributed by atoms with Crippen LogP contribution in [0.15, 0.2) is 18.2 Å². The van der Waals surface area contributed by atoms with Crippen LogP contribution >= 0.6 is 0 Å². The van der Waals surface area contributed by atoms with Crippen molar-refractivity contribution in [1.29, 1.82) is 0 Å². The number of nitrogens with zero attached hydrogens (tertiary/aromatic N) is 2. The van der Waals surface area contributed by atoms with Crippen molar-refractivity contribution in [3.63, 3.8) is 0 Å². The highest BCUT2D eigenvalue weighted by atomic mass is 16.3. The van der Waals surface area contributed by atoms with Gasteiger partial charge < -0.3 is 15.3 Å². The van der Waals surface area contributed by atoms with Gasteiger partial charge in [0.25, 0.3) is 0 Å². The second kappa shape index (κ2) is 8.29. The first-order chi connectivity index (χ1) is 12.8. The van der Waals surface area contributed by atoms with Crippen molar-refractivity contribution in [2.45, 2.75) is 70.1 Å². The summed E-state index contributed by atoms with van der Waals surface area (Å²) < 4.78 is 0. The van der Waals surface area contributed by atoms with Crippen LogP contribution in [0.3, 0.4) is 0 Å². The fraction of sp³-hybridized carbons (Fsp3) is 0.682. The maximum absolute atomic E-state index is 13.4. The van der Waals surface area contributed by atoms with E-state index < -0.39 is 5.54 Å². The Hall–Kier alpha value is -1.43. The topological polar surface area (TPSA) is 55.8 Å². The molecule has 0 aromatic heterocycles. The molecule has 0 unspecified atom stereocenters. The third kappa shape index (κ3) is 4.20. The lowest BCUT2D eigenvalue weighted by Gasteiger charge is -2.47. The molecule has 0 spiro atoms. The number of benzene rings is 1. The lowest BCUT2D eigenvalue weighted by atomic mass is 9.82. The van der Waals surface area contributed by atoms with Crippen LogP contribution in [-0.4, -0.2) is 65.7 Å². The molecule has 2 fully saturated rings. The summed E-state index contributed by atoms with van der Waals surface area (Å²) in [5.41, 5.74) is 2.71. The summed E-state index contributed by atoms with van der Waals surface area (Å²) in [4.78, 5) is 18.0. The first-order valence-electron chi connectivity index (χ1n) is 10.3. The van der Waals surface area contributed by atoms with Crippen LogP contribution in [0.1, 0.15) is 49.7 Å². The number of amides is 1. The zero-order valence-electron chi connectivity index (χ0n) is 17.3. The Kier molecular flexibility index (Phi) is 6.24. The summed E-state index contributed by atoms with van der Waals surface area (Å²) in [5.74, 6) is 0.114. The van der Waals surface area contributed by atoms with E-state index in [0.717, 1.165) is 68.4 Å². The van der Waals surface area contributed by atoms with Gasteiger partial charge in [0.15, 0.2) is 0 Å². The largest absolute Gasteiger partial charge is 0.393 e. The van der Waals surface area contributed by atoms with Gasteiger partial charge in [0.2, 0.25) is 5.91 Å². The van der Waals surface area contributed by atoms with Crippen LogP contribution in [0.5, 0.6) is 0 Å². The number of piperidine rings is 1. The molecule has 1 aromatic carbocycles. The molecular weight excluding hydrogens is 338 g/mol. The number of hydrogen-bond acceptors (Lipinski definition) is 4. The van der Waals surface area contributed by atoms with E-state index in [-0.39, 0.29) is 12.0 Å². The number of likely N-dealkylation sites (tertiary alicyclic amines) is 1. The normalized spacial score (nSPS) is 26.1. The molecule has 1 aliphatic carbocycles. The molecule has 3 rings (SSSR count). The van der Waals surface area contributed by atoms with Crippen molar-refractivity contribution in [3.05, 3.63) is 29.3 Å². The number of likely N-dealkylation sites (N-methyl/N-ethyl adjacent to an activating group) is 1. The predicted molar refractivity (Wildman–Crippen MR) is 110 cm³/mol. The lowest BCUT2D eigenvalue weighted by molar-refractivity contribution is -0.130. The molecule has 2 N–H and O–H groups in total. The van der Waals surface area contributed by atoms with Gasteiger partial charge in [0.05, 0.1) is 6.10 Å². The van der Waals surface area contributed by atoms with Gasteiger partial charge in [-0.1, -0.05) is 18.2 Å². The van der Waals surface area contributed by atoms with Crippen LogP contribution in [0.2, 0.25) is 0 Å². The summed E-state index contributed by atoms with van der Waals surface area (Å²) in [5, 5.41) is 13.0. The average Bonchev–Trinajstić information content (AvgIpc) is 2.65. The Bertz CT molecular complexity index is 637. The monoisotopic (exact) mass is 373 g/mol. The number of carbonyl (C=O) groups excluding carboxylic acids is 1. The molecule has 1 heterocycles. The minimum atomic E-state index is -0.459. The number of aryl methyl sites for hydroxylation is 2. The predicted octanol–water partition coefficient (Wildman–Crippen LogP) is 2.94. The molecule has 5 heteroatoms. The molecule has 0 bridgehead atoms. The van der Waals surface area contributed by atoms with E-state index in [0.29, 0.717) is 6.04 Å². The third-order valence-corrected chi connectivity index (χ3v) is 6.81. The SMILES string of the molecule is Cc1cccc(C)c1NC(=O)C1(N(C)C)CCN(C2CCC(O)CC2)CC1. The molecule has 5 nitrogen and oxygen atoms in total. The second-order valence-electron chi connectivity index (χ2n) is 8.65. The minimum absolute atomic E-state index is 0.114. The highest BCUT2D eigenvalue weighted by Gasteiger charge is 2.44. The van der Waals surface area contributed by atoms with Crippen molar-refractivity contribution in [3.8, 4) is 0 Å². The molecule has 1 saturated heterocycles. The standard InChI is InChI=1S/C22H35N3O2/c1-16-6-5-7-17(2)20(16)23-21(27)22(24(3)4)12-14-25(15-13-22)18-8-10-19(26)11-9-18/h5-7,18-19,26H,8-15H2,1-4H3,(H,23,27). The number of aliphatic hydroxyl groups is 1. The molecule has 150 valence electrons. The van der Waals surface area contributed by atoms with Crippen molar-refractivity contribution in [1.82, 2.24) is 9.80 Å². The maximum Gasteiger partial charge on any atom is 0.244 e. The fourth-order valence-electron chi connectivity index (χ4n) is 4.80. The molecule has 1 aromatic rings. The smallest absolute Gasteiger partial charge is 0.244 e. The van der Waals surface area contributed by atoms with E-state index in [1.54, 1.807) is 0 Å². The Morgan fingerprint density at radius 3 is 2.19 bits per heavy atom. The first-order valence-corrected chi connectivity index (χ1v) is 10.3. The van der Waals surface area contributed by atoms with Gasteiger partial charge in [-0.2, -0.15) is 0 Å². The van der Waals surface area contributed by atoms with Crippen molar-refractivity contribution < 1.29 is 9.90 Å². The summed E-state index contributed by atoms with van der Waals surface area (Å²) in [6, 6.07) is 6.69. The molecule has 0 atom stereocenters. The van der Waals surface area contributed by atoms with Gasteiger partial charge in [0, 0.05) is 24.8 Å². The van der Waals surface area contributed by atoms with E-state index in [1.165, 1.54) is 0 Å². The minimum Gasteiger partial charge on any atom is -0.393 e. The van der Waals surface area contributed by atoms with Crippen molar-refractivity contribution in [2.24, 2.45) is 0 Å². The van der Waals surface area contributed by atoms with Crippen LogP contribution < -0.4 is 5.32 Å². The quantitative estimate of drug-likeness (QED) is 0.852. The number of rotatable bonds is 4. The molecule has 1 saturated carbocycles. The van der Waals surface area contributed by atoms with Gasteiger partial charge in [-0.15, -0.1) is 0 Å². The second-order valence-corrected chi connectivity index (χ2v) is 8.65. The molecule has 1 aliphatic heterocycles. The van der Waals surface area contributed by atoms with Crippen molar-refractivity contribution >= 4 is 11.6 Å². The van der Waals surface area contributed by atoms with E-state index in [9.17, 15) is 9.90 Å². The summed E-state index contributed by atoms with van der Waals surface area (Å²) in [7, 11) is 4.05. The summed E-state index contributed by atoms with van der Waals surface area (Å²) in [6.07, 6.45) is 5.54. The Morgan fingerprint density at radius 2 is 1.67 bits per heavy atom. The molecular formula is C22H35N3O2. The van der Waals surface area contributed by atoms with Crippen LogP contribution in [0.25, 0.3) is 0 Å². The highest BCUT2D eigenvalue weighted by Crippen LogP contribution is 2.33. The number of aliphatic hydroxyl groups excluding tert-OH is 1. The number of anilines is 1. The Morgan fingerprint density at radius 1 is 1.11 bits per heavy atom. The zero-order chi connectivity index (χ0) is 19.6. The number of para-hydroxylation sites is 1. The molecule has 0 radical (unpaired) electrons. The van der Waals surface area contributed by atoms with E-state index in [1.807, 2.05) is 46.1 Å². The summed E-state index contributed by atoms with van der Waals surface area (Å²) in [6.45, 7) is 5.98. The van der Waals surface area contributed by atoms with Gasteiger partial charge in [-0.3, -0.25) is 9.69 Å². The van der Waals surface area contributed by atoms with Crippen molar-refractivity contribution in [2.75, 3.05) is 32.5 Å². The Balaban J connectivity index is 1.69. The van der Waals surface area contributed by atoms with E-state index in [4.69, 9.17) is 0 Å². The Labute approximate surface area is 163 Å². The maximum atomic E-state index is 13.4. The molecule has 2 aliphatic rings. The van der Waals surface area contributed by atoms with Gasteiger partial charge in [-0.05, 0) is 77.6 Å². The number of hydrogen-bond donors (Lipinski definition) is 2. The van der Waals surface area contributed by atoms with Crippen LogP contribution in [0.4, 0.5) is 5.69 Å². The summed E-state index contributed by atoms with van der Waals surface area (Å²) >= 11 is 0. The highest BCUT2D eigenvalue weighted by molar-refractivity contribution is 5.99. The lowest BCUT2D eigenvalue weighted by Crippen LogP contribution is -2.60. The van der Waals surface area contributed by atoms with Gasteiger partial charge in [0.1, 0.15) is 5.54 Å². The molecule has 27 heavy (non-hydrogen) atoms. The van der Waals surface area contributed by atoms with E-state index >= 15 is 0 Å². The zero-order valence-corrected chi connectivity index (χ0v) is 17.3. The van der Waals surface area contributed by atoms with E-state index in [2.05, 4.69) is 15.1 Å². The van der Waals surface area contributed by atoms with Crippen LogP contribution in [-0.2, 0) is 4.79 Å². The van der Waals surface area contributed by atoms with Gasteiger partial charge >= 0.3 is 0 Å². The average molecular weight is 374 g/mol. The number of nitrogens with one attached hydrogen (secondary N) is 1. The first kappa shape index (κ1) is 20.3. The molecule has 1 amide bonds. The third-order valence-electron chi connectivity index (χ3n) is 6.81.